The standard InChI is InChI=1S/C12H17ClN2O2/c13-11-9-10(1-2-12(11)14)17-8-5-15-3-6-16-7-4-15/h1-2,9H,3-8,14H2. The number of hydrogen-bond donors (Lipinski definition) is 1. The molecule has 0 amide bonds. The van der Waals surface area contributed by atoms with Crippen molar-refractivity contribution in [3.63, 3.8) is 0 Å². The lowest BCUT2D eigenvalue weighted by Crippen LogP contribution is -2.38. The Balaban J connectivity index is 1.75. The highest BCUT2D eigenvalue weighted by atomic mass is 35.5. The maximum absolute atomic E-state index is 5.91. The Labute approximate surface area is 106 Å². The van der Waals surface area contributed by atoms with Gasteiger partial charge in [-0.2, -0.15) is 0 Å². The van der Waals surface area contributed by atoms with Crippen LogP contribution in [0.4, 0.5) is 5.69 Å². The maximum atomic E-state index is 5.91. The third-order valence-corrected chi connectivity index (χ3v) is 3.08. The van der Waals surface area contributed by atoms with E-state index in [2.05, 4.69) is 4.90 Å². The minimum atomic E-state index is 0.536. The lowest BCUT2D eigenvalue weighted by Gasteiger charge is -2.26. The van der Waals surface area contributed by atoms with Crippen molar-refractivity contribution < 1.29 is 9.47 Å². The average Bonchev–Trinajstić information content (AvgIpc) is 2.35. The average molecular weight is 257 g/mol. The van der Waals surface area contributed by atoms with Crippen LogP contribution in [0, 0.1) is 0 Å². The molecule has 1 saturated heterocycles. The molecule has 0 aromatic heterocycles. The molecule has 0 aliphatic carbocycles. The summed E-state index contributed by atoms with van der Waals surface area (Å²) in [5, 5.41) is 0.536. The molecule has 1 aliphatic heterocycles. The Hall–Kier alpha value is -0.970. The van der Waals surface area contributed by atoms with Crippen LogP contribution < -0.4 is 10.5 Å². The van der Waals surface area contributed by atoms with Crippen LogP contribution >= 0.6 is 11.6 Å². The molecule has 5 heteroatoms. The number of nitrogen functional groups attached to an aromatic ring is 1. The summed E-state index contributed by atoms with van der Waals surface area (Å²) in [7, 11) is 0. The molecular formula is C12H17ClN2O2. The van der Waals surface area contributed by atoms with Crippen molar-refractivity contribution in [2.45, 2.75) is 0 Å². The number of rotatable bonds is 4. The molecule has 1 aromatic rings. The van der Waals surface area contributed by atoms with Crippen molar-refractivity contribution >= 4 is 17.3 Å². The molecule has 2 N–H and O–H groups in total. The molecule has 1 heterocycles. The van der Waals surface area contributed by atoms with Crippen LogP contribution in [0.2, 0.25) is 5.02 Å². The molecule has 1 aromatic carbocycles. The van der Waals surface area contributed by atoms with E-state index in [1.54, 1.807) is 12.1 Å². The van der Waals surface area contributed by atoms with Gasteiger partial charge >= 0.3 is 0 Å². The number of anilines is 1. The molecule has 1 fully saturated rings. The van der Waals surface area contributed by atoms with E-state index in [9.17, 15) is 0 Å². The van der Waals surface area contributed by atoms with Crippen LogP contribution in [0.3, 0.4) is 0 Å². The van der Waals surface area contributed by atoms with Crippen molar-refractivity contribution in [3.05, 3.63) is 23.2 Å². The molecule has 1 aliphatic rings. The highest BCUT2D eigenvalue weighted by Crippen LogP contribution is 2.23. The van der Waals surface area contributed by atoms with Gasteiger partial charge in [-0.3, -0.25) is 4.90 Å². The highest BCUT2D eigenvalue weighted by molar-refractivity contribution is 6.33. The molecule has 2 rings (SSSR count). The van der Waals surface area contributed by atoms with Crippen molar-refractivity contribution in [3.8, 4) is 5.75 Å². The summed E-state index contributed by atoms with van der Waals surface area (Å²) < 4.78 is 10.9. The van der Waals surface area contributed by atoms with E-state index in [1.807, 2.05) is 6.07 Å². The smallest absolute Gasteiger partial charge is 0.121 e. The van der Waals surface area contributed by atoms with Crippen LogP contribution in [0.25, 0.3) is 0 Å². The predicted molar refractivity (Wildman–Crippen MR) is 68.6 cm³/mol. The molecule has 4 nitrogen and oxygen atoms in total. The Bertz CT molecular complexity index is 368. The van der Waals surface area contributed by atoms with E-state index in [4.69, 9.17) is 26.8 Å². The van der Waals surface area contributed by atoms with Crippen molar-refractivity contribution in [2.24, 2.45) is 0 Å². The van der Waals surface area contributed by atoms with Gasteiger partial charge in [-0.05, 0) is 12.1 Å². The summed E-state index contributed by atoms with van der Waals surface area (Å²) >= 11 is 5.91. The van der Waals surface area contributed by atoms with E-state index >= 15 is 0 Å². The van der Waals surface area contributed by atoms with E-state index in [-0.39, 0.29) is 0 Å². The second-order valence-corrected chi connectivity index (χ2v) is 4.39. The molecule has 94 valence electrons. The Morgan fingerprint density at radius 3 is 2.82 bits per heavy atom. The maximum Gasteiger partial charge on any atom is 0.121 e. The number of ether oxygens (including phenoxy) is 2. The predicted octanol–water partition coefficient (Wildman–Crippen LogP) is 1.63. The van der Waals surface area contributed by atoms with Gasteiger partial charge in [0.25, 0.3) is 0 Å². The van der Waals surface area contributed by atoms with Crippen molar-refractivity contribution in [1.82, 2.24) is 4.90 Å². The van der Waals surface area contributed by atoms with Gasteiger partial charge in [0.1, 0.15) is 12.4 Å². The zero-order valence-electron chi connectivity index (χ0n) is 9.69. The summed E-state index contributed by atoms with van der Waals surface area (Å²) in [5.41, 5.74) is 6.20. The quantitative estimate of drug-likeness (QED) is 0.832. The van der Waals surface area contributed by atoms with Crippen LogP contribution in [0.1, 0.15) is 0 Å². The summed E-state index contributed by atoms with van der Waals surface area (Å²) in [4.78, 5) is 2.32. The summed E-state index contributed by atoms with van der Waals surface area (Å²) in [5.74, 6) is 0.762. The fourth-order valence-corrected chi connectivity index (χ4v) is 1.89. The van der Waals surface area contributed by atoms with Crippen LogP contribution in [0.15, 0.2) is 18.2 Å². The molecule has 0 radical (unpaired) electrons. The number of halogens is 1. The van der Waals surface area contributed by atoms with Crippen molar-refractivity contribution in [1.29, 1.82) is 0 Å². The number of morpholine rings is 1. The Morgan fingerprint density at radius 2 is 2.12 bits per heavy atom. The highest BCUT2D eigenvalue weighted by Gasteiger charge is 2.09. The lowest BCUT2D eigenvalue weighted by atomic mass is 10.3. The molecular weight excluding hydrogens is 240 g/mol. The number of nitrogens with two attached hydrogens (primary N) is 1. The van der Waals surface area contributed by atoms with Gasteiger partial charge in [0.15, 0.2) is 0 Å². The minimum Gasteiger partial charge on any atom is -0.492 e. The molecule has 0 unspecified atom stereocenters. The number of nitrogens with zero attached hydrogens (tertiary/aromatic N) is 1. The summed E-state index contributed by atoms with van der Waals surface area (Å²) in [6.45, 7) is 5.14. The molecule has 0 spiro atoms. The van der Waals surface area contributed by atoms with Gasteiger partial charge < -0.3 is 15.2 Å². The van der Waals surface area contributed by atoms with Gasteiger partial charge in [0, 0.05) is 25.7 Å². The Morgan fingerprint density at radius 1 is 1.35 bits per heavy atom. The first-order chi connectivity index (χ1) is 8.25. The number of hydrogen-bond acceptors (Lipinski definition) is 4. The number of benzene rings is 1. The van der Waals surface area contributed by atoms with Gasteiger partial charge in [0.05, 0.1) is 23.9 Å². The van der Waals surface area contributed by atoms with Gasteiger partial charge in [-0.15, -0.1) is 0 Å². The second-order valence-electron chi connectivity index (χ2n) is 3.99. The first kappa shape index (κ1) is 12.5. The van der Waals surface area contributed by atoms with Crippen LogP contribution in [0.5, 0.6) is 5.75 Å². The lowest BCUT2D eigenvalue weighted by molar-refractivity contribution is 0.0322. The molecule has 0 atom stereocenters. The zero-order chi connectivity index (χ0) is 12.1. The van der Waals surface area contributed by atoms with E-state index in [1.165, 1.54) is 0 Å². The summed E-state index contributed by atoms with van der Waals surface area (Å²) in [6.07, 6.45) is 0. The molecule has 0 bridgehead atoms. The van der Waals surface area contributed by atoms with Gasteiger partial charge in [-0.25, -0.2) is 0 Å². The third kappa shape index (κ3) is 3.77. The minimum absolute atomic E-state index is 0.536. The first-order valence-electron chi connectivity index (χ1n) is 5.73. The monoisotopic (exact) mass is 256 g/mol. The van der Waals surface area contributed by atoms with Crippen molar-refractivity contribution in [2.75, 3.05) is 45.2 Å². The van der Waals surface area contributed by atoms with Crippen LogP contribution in [-0.2, 0) is 4.74 Å². The van der Waals surface area contributed by atoms with Crippen LogP contribution in [-0.4, -0.2) is 44.4 Å². The second kappa shape index (κ2) is 6.10. The fraction of sp³-hybridized carbons (Fsp3) is 0.500. The third-order valence-electron chi connectivity index (χ3n) is 2.75. The van der Waals surface area contributed by atoms with E-state index in [0.717, 1.165) is 38.6 Å². The molecule has 17 heavy (non-hydrogen) atoms. The zero-order valence-corrected chi connectivity index (χ0v) is 10.4. The molecule has 0 saturated carbocycles. The Kier molecular flexibility index (Phi) is 4.48. The van der Waals surface area contributed by atoms with Gasteiger partial charge in [-0.1, -0.05) is 11.6 Å². The fourth-order valence-electron chi connectivity index (χ4n) is 1.72. The van der Waals surface area contributed by atoms with Gasteiger partial charge in [0.2, 0.25) is 0 Å². The summed E-state index contributed by atoms with van der Waals surface area (Å²) in [6, 6.07) is 5.34. The first-order valence-corrected chi connectivity index (χ1v) is 6.11. The SMILES string of the molecule is Nc1ccc(OCCN2CCOCC2)cc1Cl. The topological polar surface area (TPSA) is 47.7 Å². The van der Waals surface area contributed by atoms with E-state index < -0.39 is 0 Å². The van der Waals surface area contributed by atoms with E-state index in [0.29, 0.717) is 17.3 Å². The normalized spacial score (nSPS) is 17.0. The largest absolute Gasteiger partial charge is 0.492 e.